The van der Waals surface area contributed by atoms with E-state index in [-0.39, 0.29) is 0 Å². The van der Waals surface area contributed by atoms with Gasteiger partial charge in [0, 0.05) is 23.1 Å². The van der Waals surface area contributed by atoms with E-state index >= 15 is 0 Å². The van der Waals surface area contributed by atoms with Crippen molar-refractivity contribution < 1.29 is 1.37 Å². The van der Waals surface area contributed by atoms with E-state index in [1.54, 1.807) is 12.3 Å². The van der Waals surface area contributed by atoms with Gasteiger partial charge < -0.3 is 0 Å². The number of rotatable bonds is 0. The molecule has 66 valence electrons. The van der Waals surface area contributed by atoms with Gasteiger partial charge in [0.1, 0.15) is 0 Å². The van der Waals surface area contributed by atoms with E-state index in [4.69, 9.17) is 1.37 Å². The average Bonchev–Trinajstić information content (AvgIpc) is 2.29. The van der Waals surface area contributed by atoms with Crippen LogP contribution >= 0.6 is 0 Å². The van der Waals surface area contributed by atoms with Crippen LogP contribution in [0.1, 0.15) is 1.37 Å². The quantitative estimate of drug-likeness (QED) is 0.498. The van der Waals surface area contributed by atoms with E-state index in [9.17, 15) is 0 Å². The summed E-state index contributed by atoms with van der Waals surface area (Å²) < 4.78 is 7.52. The summed E-state index contributed by atoms with van der Waals surface area (Å²) in [6.07, 6.45) is 2.05. The Kier molecular flexibility index (Phi) is 1.28. The molecule has 14 heavy (non-hydrogen) atoms. The summed E-state index contributed by atoms with van der Waals surface area (Å²) in [5.74, 6) is 0. The monoisotopic (exact) mass is 181 g/mol. The number of hydrogen-bond acceptors (Lipinski definition) is 2. The Balaban J connectivity index is 2.57. The van der Waals surface area contributed by atoms with E-state index < -0.39 is 0 Å². The molecule has 3 aromatic rings. The summed E-state index contributed by atoms with van der Waals surface area (Å²) in [5.41, 5.74) is 1.77. The van der Waals surface area contributed by atoms with Gasteiger partial charge in [0.25, 0.3) is 0 Å². The summed E-state index contributed by atoms with van der Waals surface area (Å²) >= 11 is 0. The normalized spacial score (nSPS) is 11.9. The standard InChI is InChI=1S/C12H8N2/c1-3-9-5-6-11-10(4-2-7-13-11)12(9)14-8-1/h1-8H/i8D. The molecule has 3 rings (SSSR count). The molecule has 1 aromatic carbocycles. The zero-order valence-corrected chi connectivity index (χ0v) is 7.44. The van der Waals surface area contributed by atoms with Gasteiger partial charge in [-0.25, -0.2) is 0 Å². The fraction of sp³-hybridized carbons (Fsp3) is 0. The molecule has 0 unspecified atom stereocenters. The first-order chi connectivity index (χ1) is 7.34. The summed E-state index contributed by atoms with van der Waals surface area (Å²) in [6.45, 7) is 0. The Labute approximate surface area is 82.6 Å². The molecule has 0 bridgehead atoms. The molecule has 2 heteroatoms. The lowest BCUT2D eigenvalue weighted by Crippen LogP contribution is -1.82. The maximum absolute atomic E-state index is 7.52. The van der Waals surface area contributed by atoms with Crippen molar-refractivity contribution in [3.05, 3.63) is 48.8 Å². The Hall–Kier alpha value is -1.96. The molecule has 0 atom stereocenters. The van der Waals surface area contributed by atoms with Gasteiger partial charge in [-0.2, -0.15) is 0 Å². The maximum atomic E-state index is 7.52. The summed E-state index contributed by atoms with van der Waals surface area (Å²) in [7, 11) is 0. The van der Waals surface area contributed by atoms with E-state index in [1.165, 1.54) is 0 Å². The average molecular weight is 181 g/mol. The third-order valence-corrected chi connectivity index (χ3v) is 2.30. The molecule has 0 aliphatic rings. The molecule has 0 N–H and O–H groups in total. The van der Waals surface area contributed by atoms with Gasteiger partial charge in [-0.05, 0) is 24.3 Å². The van der Waals surface area contributed by atoms with Crippen LogP contribution in [0.5, 0.6) is 0 Å². The fourth-order valence-corrected chi connectivity index (χ4v) is 1.64. The van der Waals surface area contributed by atoms with E-state index in [0.717, 1.165) is 21.8 Å². The van der Waals surface area contributed by atoms with E-state index in [0.29, 0.717) is 6.17 Å². The van der Waals surface area contributed by atoms with Gasteiger partial charge >= 0.3 is 0 Å². The minimum Gasteiger partial charge on any atom is -0.256 e. The van der Waals surface area contributed by atoms with Crippen LogP contribution in [0, 0.1) is 0 Å². The zero-order valence-electron chi connectivity index (χ0n) is 8.44. The van der Waals surface area contributed by atoms with Crippen LogP contribution in [0.4, 0.5) is 0 Å². The van der Waals surface area contributed by atoms with Crippen LogP contribution in [-0.2, 0) is 0 Å². The van der Waals surface area contributed by atoms with Gasteiger partial charge in [-0.1, -0.05) is 12.1 Å². The molecule has 0 saturated carbocycles. The van der Waals surface area contributed by atoms with Crippen molar-refractivity contribution in [3.8, 4) is 0 Å². The molecule has 0 radical (unpaired) electrons. The van der Waals surface area contributed by atoms with Crippen molar-refractivity contribution >= 4 is 21.8 Å². The first kappa shape index (κ1) is 6.49. The molecule has 0 fully saturated rings. The largest absolute Gasteiger partial charge is 0.256 e. The molecule has 0 aliphatic heterocycles. The van der Waals surface area contributed by atoms with Gasteiger partial charge in [0.15, 0.2) is 0 Å². The highest BCUT2D eigenvalue weighted by Gasteiger charge is 1.99. The van der Waals surface area contributed by atoms with Gasteiger partial charge in [0.05, 0.1) is 12.4 Å². The highest BCUT2D eigenvalue weighted by Crippen LogP contribution is 2.20. The molecule has 0 saturated heterocycles. The van der Waals surface area contributed by atoms with Crippen molar-refractivity contribution in [1.82, 2.24) is 9.97 Å². The third-order valence-electron chi connectivity index (χ3n) is 2.30. The van der Waals surface area contributed by atoms with Gasteiger partial charge in [-0.3, -0.25) is 9.97 Å². The van der Waals surface area contributed by atoms with Crippen LogP contribution in [-0.4, -0.2) is 9.97 Å². The van der Waals surface area contributed by atoms with Crippen molar-refractivity contribution in [2.24, 2.45) is 0 Å². The lowest BCUT2D eigenvalue weighted by atomic mass is 10.1. The minimum absolute atomic E-state index is 0.291. The lowest BCUT2D eigenvalue weighted by molar-refractivity contribution is 1.39. The smallest absolute Gasteiger partial charge is 0.0840 e. The SMILES string of the molecule is [2H]c1ccc2ccc3ncccc3c2n1. The number of fused-ring (bicyclic) bond motifs is 3. The van der Waals surface area contributed by atoms with Crippen molar-refractivity contribution in [2.45, 2.75) is 0 Å². The van der Waals surface area contributed by atoms with Crippen LogP contribution in [0.15, 0.2) is 48.8 Å². The van der Waals surface area contributed by atoms with Crippen molar-refractivity contribution in [2.75, 3.05) is 0 Å². The van der Waals surface area contributed by atoms with Gasteiger partial charge in [0.2, 0.25) is 0 Å². The zero-order chi connectivity index (χ0) is 10.3. The molecule has 0 amide bonds. The van der Waals surface area contributed by atoms with Gasteiger partial charge in [-0.15, -0.1) is 0 Å². The summed E-state index contributed by atoms with van der Waals surface area (Å²) in [5, 5.41) is 2.05. The van der Waals surface area contributed by atoms with Crippen molar-refractivity contribution in [3.63, 3.8) is 0 Å². The highest BCUT2D eigenvalue weighted by atomic mass is 14.7. The van der Waals surface area contributed by atoms with E-state index in [1.807, 2.05) is 30.3 Å². The van der Waals surface area contributed by atoms with Crippen LogP contribution < -0.4 is 0 Å². The first-order valence-corrected chi connectivity index (χ1v) is 4.46. The topological polar surface area (TPSA) is 25.8 Å². The Morgan fingerprint density at radius 2 is 2.00 bits per heavy atom. The molecule has 0 aliphatic carbocycles. The second-order valence-corrected chi connectivity index (χ2v) is 3.15. The van der Waals surface area contributed by atoms with E-state index in [2.05, 4.69) is 9.97 Å². The lowest BCUT2D eigenvalue weighted by Gasteiger charge is -2.00. The summed E-state index contributed by atoms with van der Waals surface area (Å²) in [4.78, 5) is 8.49. The minimum atomic E-state index is 0.291. The second kappa shape index (κ2) is 2.77. The molecule has 0 spiro atoms. The highest BCUT2D eigenvalue weighted by molar-refractivity contribution is 6.03. The molecular formula is C12H8N2. The Bertz CT molecular complexity index is 649. The number of pyridine rings is 2. The molecule has 2 nitrogen and oxygen atoms in total. The molecular weight excluding hydrogens is 172 g/mol. The number of benzene rings is 1. The van der Waals surface area contributed by atoms with Crippen LogP contribution in [0.2, 0.25) is 0 Å². The maximum Gasteiger partial charge on any atom is 0.0840 e. The first-order valence-electron chi connectivity index (χ1n) is 4.96. The fourth-order valence-electron chi connectivity index (χ4n) is 1.64. The second-order valence-electron chi connectivity index (χ2n) is 3.15. The predicted octanol–water partition coefficient (Wildman–Crippen LogP) is 2.78. The van der Waals surface area contributed by atoms with Crippen LogP contribution in [0.25, 0.3) is 21.8 Å². The predicted molar refractivity (Wildman–Crippen MR) is 57.0 cm³/mol. The molecule has 2 heterocycles. The molecule has 2 aromatic heterocycles. The third kappa shape index (κ3) is 0.973. The number of nitrogens with zero attached hydrogens (tertiary/aromatic N) is 2. The number of aromatic nitrogens is 2. The Morgan fingerprint density at radius 1 is 1.00 bits per heavy atom. The van der Waals surface area contributed by atoms with Crippen LogP contribution in [0.3, 0.4) is 0 Å². The number of hydrogen-bond donors (Lipinski definition) is 0. The van der Waals surface area contributed by atoms with Crippen molar-refractivity contribution in [1.29, 1.82) is 0 Å². The Morgan fingerprint density at radius 3 is 3.00 bits per heavy atom. The summed E-state index contributed by atoms with van der Waals surface area (Å²) in [6, 6.07) is 11.4.